The molecule has 4 aromatic rings. The highest BCUT2D eigenvalue weighted by Crippen LogP contribution is 2.45. The number of nitrogens with zero attached hydrogens (tertiary/aromatic N) is 7. The second kappa shape index (κ2) is 7.26. The normalized spacial score (nSPS) is 17.8. The Morgan fingerprint density at radius 2 is 1.91 bits per heavy atom. The van der Waals surface area contributed by atoms with E-state index in [4.69, 9.17) is 9.97 Å². The van der Waals surface area contributed by atoms with Crippen molar-refractivity contribution in [2.24, 2.45) is 7.05 Å². The van der Waals surface area contributed by atoms with E-state index in [1.54, 1.807) is 15.8 Å². The molecular formula is C26H25N7O. The summed E-state index contributed by atoms with van der Waals surface area (Å²) in [7, 11) is 3.73. The molecule has 0 spiro atoms. The van der Waals surface area contributed by atoms with Crippen molar-refractivity contribution < 1.29 is 4.79 Å². The minimum Gasteiger partial charge on any atom is -0.338 e. The highest BCUT2D eigenvalue weighted by atomic mass is 16.2. The lowest BCUT2D eigenvalue weighted by molar-refractivity contribution is -0.135. The minimum atomic E-state index is -0.270. The average molecular weight is 452 g/mol. The second-order valence-corrected chi connectivity index (χ2v) is 9.42. The molecule has 1 saturated carbocycles. The first kappa shape index (κ1) is 20.6. The molecule has 0 radical (unpaired) electrons. The van der Waals surface area contributed by atoms with Gasteiger partial charge in [0.15, 0.2) is 0 Å². The van der Waals surface area contributed by atoms with Gasteiger partial charge in [0.2, 0.25) is 5.91 Å². The summed E-state index contributed by atoms with van der Waals surface area (Å²) >= 11 is 0. The average Bonchev–Trinajstić information content (AvgIpc) is 3.54. The Balaban J connectivity index is 1.59. The number of amides is 1. The van der Waals surface area contributed by atoms with E-state index >= 15 is 0 Å². The molecule has 1 fully saturated rings. The van der Waals surface area contributed by atoms with Crippen molar-refractivity contribution in [3.05, 3.63) is 53.2 Å². The first-order chi connectivity index (χ1) is 16.4. The summed E-state index contributed by atoms with van der Waals surface area (Å²) in [5.41, 5.74) is 6.65. The van der Waals surface area contributed by atoms with E-state index in [2.05, 4.69) is 15.7 Å². The molecule has 2 aliphatic rings. The molecule has 0 N–H and O–H groups in total. The predicted molar refractivity (Wildman–Crippen MR) is 128 cm³/mol. The maximum Gasteiger partial charge on any atom is 0.245 e. The van der Waals surface area contributed by atoms with Crippen LogP contribution in [0.3, 0.4) is 0 Å². The van der Waals surface area contributed by atoms with Crippen molar-refractivity contribution in [3.8, 4) is 28.6 Å². The van der Waals surface area contributed by atoms with Gasteiger partial charge in [0.05, 0.1) is 40.9 Å². The third kappa shape index (κ3) is 2.90. The number of aromatic nitrogens is 5. The number of hydrogen-bond acceptors (Lipinski definition) is 5. The van der Waals surface area contributed by atoms with E-state index in [1.165, 1.54) is 0 Å². The number of carbonyl (C=O) groups is 1. The molecule has 6 rings (SSSR count). The summed E-state index contributed by atoms with van der Waals surface area (Å²) in [5, 5.41) is 15.2. The van der Waals surface area contributed by atoms with Gasteiger partial charge in [-0.05, 0) is 38.8 Å². The summed E-state index contributed by atoms with van der Waals surface area (Å²) in [5.74, 6) is 1.53. The lowest BCUT2D eigenvalue weighted by Gasteiger charge is -2.31. The summed E-state index contributed by atoms with van der Waals surface area (Å²) < 4.78 is 3.94. The number of benzene rings is 1. The van der Waals surface area contributed by atoms with Crippen molar-refractivity contribution in [1.29, 1.82) is 5.26 Å². The van der Waals surface area contributed by atoms with Crippen LogP contribution in [-0.4, -0.2) is 42.2 Å². The summed E-state index contributed by atoms with van der Waals surface area (Å²) in [6.07, 6.45) is 3.97. The van der Waals surface area contributed by atoms with E-state index in [0.717, 1.165) is 57.8 Å². The smallest absolute Gasteiger partial charge is 0.245 e. The molecule has 1 amide bonds. The van der Waals surface area contributed by atoms with Crippen LogP contribution in [0.1, 0.15) is 54.5 Å². The molecule has 0 bridgehead atoms. The lowest BCUT2D eigenvalue weighted by Crippen LogP contribution is -2.39. The minimum absolute atomic E-state index is 0.112. The van der Waals surface area contributed by atoms with Crippen molar-refractivity contribution in [3.63, 3.8) is 0 Å². The molecule has 1 unspecified atom stereocenters. The zero-order valence-corrected chi connectivity index (χ0v) is 19.7. The maximum atomic E-state index is 12.8. The standard InChI is InChI=1S/C26H25N7O/c1-14-20(12-28-32(14)4)23-17(11-27)10-19-18(6-5-7-21(19)29-23)24-22-13-31(3)26(34)15(2)33(22)25(30-24)16-8-9-16/h5-7,10,12,15-16H,8-9,13H2,1-4H3. The van der Waals surface area contributed by atoms with Gasteiger partial charge in [-0.3, -0.25) is 9.48 Å². The van der Waals surface area contributed by atoms with Crippen LogP contribution in [0.4, 0.5) is 0 Å². The molecular weight excluding hydrogens is 426 g/mol. The van der Waals surface area contributed by atoms with E-state index in [9.17, 15) is 10.1 Å². The Morgan fingerprint density at radius 3 is 2.59 bits per heavy atom. The summed E-state index contributed by atoms with van der Waals surface area (Å²) in [4.78, 5) is 24.5. The van der Waals surface area contributed by atoms with Gasteiger partial charge in [-0.15, -0.1) is 0 Å². The highest BCUT2D eigenvalue weighted by molar-refractivity contribution is 5.97. The van der Waals surface area contributed by atoms with E-state index in [1.807, 2.05) is 52.2 Å². The number of aryl methyl sites for hydroxylation is 1. The molecule has 1 atom stereocenters. The van der Waals surface area contributed by atoms with Crippen LogP contribution in [0.2, 0.25) is 0 Å². The fourth-order valence-electron chi connectivity index (χ4n) is 5.07. The van der Waals surface area contributed by atoms with Gasteiger partial charge in [0.25, 0.3) is 0 Å². The van der Waals surface area contributed by atoms with Crippen LogP contribution >= 0.6 is 0 Å². The Hall–Kier alpha value is -3.99. The van der Waals surface area contributed by atoms with Crippen molar-refractivity contribution in [1.82, 2.24) is 29.2 Å². The van der Waals surface area contributed by atoms with Crippen molar-refractivity contribution >= 4 is 16.8 Å². The number of imidazole rings is 1. The zero-order chi connectivity index (χ0) is 23.7. The van der Waals surface area contributed by atoms with Gasteiger partial charge in [-0.1, -0.05) is 12.1 Å². The number of rotatable bonds is 3. The monoisotopic (exact) mass is 451 g/mol. The van der Waals surface area contributed by atoms with Crippen LogP contribution < -0.4 is 0 Å². The lowest BCUT2D eigenvalue weighted by atomic mass is 9.99. The molecule has 1 aliphatic heterocycles. The number of carbonyl (C=O) groups excluding carboxylic acids is 1. The molecule has 170 valence electrons. The predicted octanol–water partition coefficient (Wildman–Crippen LogP) is 4.09. The Labute approximate surface area is 197 Å². The number of nitriles is 1. The maximum absolute atomic E-state index is 12.8. The third-order valence-corrected chi connectivity index (χ3v) is 7.21. The molecule has 4 heterocycles. The van der Waals surface area contributed by atoms with Crippen LogP contribution in [0.15, 0.2) is 30.5 Å². The summed E-state index contributed by atoms with van der Waals surface area (Å²) in [6.45, 7) is 4.45. The highest BCUT2D eigenvalue weighted by Gasteiger charge is 2.38. The van der Waals surface area contributed by atoms with Gasteiger partial charge >= 0.3 is 0 Å². The van der Waals surface area contributed by atoms with Gasteiger partial charge in [-0.25, -0.2) is 9.97 Å². The SMILES string of the molecule is Cc1c(-c2nc3cccc(-c4nc(C5CC5)n5c4CN(C)C(=O)C5C)c3cc2C#N)cnn1C. The fourth-order valence-corrected chi connectivity index (χ4v) is 5.07. The van der Waals surface area contributed by atoms with Crippen molar-refractivity contribution in [2.75, 3.05) is 7.05 Å². The molecule has 3 aromatic heterocycles. The van der Waals surface area contributed by atoms with Gasteiger partial charge in [-0.2, -0.15) is 10.4 Å². The van der Waals surface area contributed by atoms with Gasteiger partial charge in [0, 0.05) is 42.2 Å². The topological polar surface area (TPSA) is 92.6 Å². The molecule has 1 aliphatic carbocycles. The Kier molecular flexibility index (Phi) is 4.40. The van der Waals surface area contributed by atoms with Crippen LogP contribution in [0, 0.1) is 18.3 Å². The van der Waals surface area contributed by atoms with Crippen LogP contribution in [0.25, 0.3) is 33.4 Å². The number of pyridine rings is 1. The van der Waals surface area contributed by atoms with E-state index < -0.39 is 0 Å². The molecule has 1 aromatic carbocycles. The zero-order valence-electron chi connectivity index (χ0n) is 19.7. The van der Waals surface area contributed by atoms with E-state index in [-0.39, 0.29) is 11.9 Å². The molecule has 34 heavy (non-hydrogen) atoms. The largest absolute Gasteiger partial charge is 0.338 e. The number of hydrogen-bond donors (Lipinski definition) is 0. The number of fused-ring (bicyclic) bond motifs is 2. The Morgan fingerprint density at radius 1 is 1.12 bits per heavy atom. The molecule has 8 heteroatoms. The molecule has 0 saturated heterocycles. The third-order valence-electron chi connectivity index (χ3n) is 7.21. The second-order valence-electron chi connectivity index (χ2n) is 9.42. The first-order valence-corrected chi connectivity index (χ1v) is 11.6. The van der Waals surface area contributed by atoms with E-state index in [0.29, 0.717) is 23.7 Å². The number of likely N-dealkylation sites (N-methyl/N-ethyl adjacent to an activating group) is 1. The summed E-state index contributed by atoms with van der Waals surface area (Å²) in [6, 6.07) is 9.99. The van der Waals surface area contributed by atoms with Crippen LogP contribution in [0.5, 0.6) is 0 Å². The van der Waals surface area contributed by atoms with Crippen molar-refractivity contribution in [2.45, 2.75) is 45.2 Å². The van der Waals surface area contributed by atoms with Gasteiger partial charge < -0.3 is 9.47 Å². The molecule has 8 nitrogen and oxygen atoms in total. The Bertz CT molecular complexity index is 1530. The van der Waals surface area contributed by atoms with Crippen LogP contribution in [-0.2, 0) is 18.4 Å². The fraction of sp³-hybridized carbons (Fsp3) is 0.346. The quantitative estimate of drug-likeness (QED) is 0.468. The van der Waals surface area contributed by atoms with Gasteiger partial charge in [0.1, 0.15) is 17.9 Å². The first-order valence-electron chi connectivity index (χ1n) is 11.6.